The summed E-state index contributed by atoms with van der Waals surface area (Å²) >= 11 is 2.14. The Hall–Kier alpha value is -1.22. The molecule has 1 unspecified atom stereocenters. The Morgan fingerprint density at radius 1 is 1.16 bits per heavy atom. The molecule has 0 amide bonds. The molecule has 3 heteroatoms. The van der Waals surface area contributed by atoms with Crippen molar-refractivity contribution < 1.29 is 0 Å². The topological polar surface area (TPSA) is 17.8 Å². The van der Waals surface area contributed by atoms with E-state index in [4.69, 9.17) is 0 Å². The highest BCUT2D eigenvalue weighted by Crippen LogP contribution is 2.63. The van der Waals surface area contributed by atoms with Gasteiger partial charge >= 0.3 is 0 Å². The highest BCUT2D eigenvalue weighted by Gasteiger charge is 2.54. The number of aromatic nitrogens is 2. The number of benzene rings is 1. The second-order valence-corrected chi connectivity index (χ2v) is 10.2. The second kappa shape index (κ2) is 6.19. The lowest BCUT2D eigenvalue weighted by Gasteiger charge is -2.59. The van der Waals surface area contributed by atoms with Gasteiger partial charge in [0, 0.05) is 29.1 Å². The van der Waals surface area contributed by atoms with Gasteiger partial charge in [0.15, 0.2) is 0 Å². The fourth-order valence-electron chi connectivity index (χ4n) is 6.37. The zero-order chi connectivity index (χ0) is 16.9. The van der Waals surface area contributed by atoms with Crippen LogP contribution in [0.15, 0.2) is 47.9 Å². The summed E-state index contributed by atoms with van der Waals surface area (Å²) < 4.78 is 2.31. The van der Waals surface area contributed by atoms with Crippen molar-refractivity contribution in [2.24, 2.45) is 23.2 Å². The molecular formula is C22H28N2S. The van der Waals surface area contributed by atoms with Crippen LogP contribution in [0.5, 0.6) is 0 Å². The molecule has 2 aromatic rings. The number of aryl methyl sites for hydroxylation is 1. The van der Waals surface area contributed by atoms with E-state index in [0.717, 1.165) is 24.3 Å². The lowest BCUT2D eigenvalue weighted by Crippen LogP contribution is -2.51. The molecule has 0 saturated heterocycles. The molecule has 1 aromatic heterocycles. The van der Waals surface area contributed by atoms with Crippen molar-refractivity contribution in [3.8, 4) is 0 Å². The first-order chi connectivity index (χ1) is 12.2. The van der Waals surface area contributed by atoms with Crippen LogP contribution in [0.2, 0.25) is 0 Å². The third kappa shape index (κ3) is 3.05. The van der Waals surface area contributed by atoms with Gasteiger partial charge in [-0.1, -0.05) is 17.7 Å². The van der Waals surface area contributed by atoms with Gasteiger partial charge in [-0.2, -0.15) is 0 Å². The number of hydrogen-bond acceptors (Lipinski definition) is 2. The van der Waals surface area contributed by atoms with Crippen LogP contribution in [-0.2, 0) is 6.54 Å². The summed E-state index contributed by atoms with van der Waals surface area (Å²) in [6.45, 7) is 3.31. The first-order valence-electron chi connectivity index (χ1n) is 9.88. The molecule has 25 heavy (non-hydrogen) atoms. The van der Waals surface area contributed by atoms with Crippen molar-refractivity contribution >= 4 is 11.8 Å². The van der Waals surface area contributed by atoms with E-state index in [1.807, 2.05) is 12.5 Å². The van der Waals surface area contributed by atoms with Crippen LogP contribution in [0.1, 0.15) is 44.1 Å². The molecule has 4 fully saturated rings. The first kappa shape index (κ1) is 16.0. The van der Waals surface area contributed by atoms with Gasteiger partial charge in [-0.05, 0) is 80.8 Å². The molecule has 1 aromatic carbocycles. The maximum Gasteiger partial charge on any atom is 0.0946 e. The van der Waals surface area contributed by atoms with Crippen LogP contribution in [-0.4, -0.2) is 14.8 Å². The van der Waals surface area contributed by atoms with Gasteiger partial charge in [0.25, 0.3) is 0 Å². The Kier molecular flexibility index (Phi) is 3.96. The van der Waals surface area contributed by atoms with Crippen LogP contribution < -0.4 is 0 Å². The van der Waals surface area contributed by atoms with Crippen LogP contribution in [0, 0.1) is 30.1 Å². The molecule has 4 aliphatic rings. The van der Waals surface area contributed by atoms with Crippen molar-refractivity contribution in [2.45, 2.75) is 62.1 Å². The van der Waals surface area contributed by atoms with Gasteiger partial charge in [0.05, 0.1) is 6.33 Å². The predicted molar refractivity (Wildman–Crippen MR) is 104 cm³/mol. The summed E-state index contributed by atoms with van der Waals surface area (Å²) in [5, 5.41) is 0.664. The standard InChI is InChI=1S/C22H28N2S/c1-16-3-2-4-20(7-16)25-21(14-24-6-5-23-15-24)22-11-17-8-18(12-22)10-19(9-17)13-22/h2-7,15,17-19,21H,8-14H2,1H3. The smallest absolute Gasteiger partial charge is 0.0946 e. The largest absolute Gasteiger partial charge is 0.336 e. The molecule has 0 spiro atoms. The highest BCUT2D eigenvalue weighted by molar-refractivity contribution is 8.00. The fraction of sp³-hybridized carbons (Fsp3) is 0.591. The predicted octanol–water partition coefficient (Wildman–Crippen LogP) is 5.57. The Bertz CT molecular complexity index is 701. The third-order valence-electron chi connectivity index (χ3n) is 6.97. The SMILES string of the molecule is Cc1cccc(SC(Cn2ccnc2)C23CC4CC(CC(C4)C2)C3)c1. The van der Waals surface area contributed by atoms with Crippen molar-refractivity contribution in [3.05, 3.63) is 48.5 Å². The molecule has 0 N–H and O–H groups in total. The molecule has 4 bridgehead atoms. The summed E-state index contributed by atoms with van der Waals surface area (Å²) in [6, 6.07) is 9.09. The van der Waals surface area contributed by atoms with Crippen molar-refractivity contribution in [2.75, 3.05) is 0 Å². The molecule has 132 valence electrons. The van der Waals surface area contributed by atoms with Crippen molar-refractivity contribution in [1.29, 1.82) is 0 Å². The van der Waals surface area contributed by atoms with E-state index in [0.29, 0.717) is 10.7 Å². The Morgan fingerprint density at radius 3 is 2.48 bits per heavy atom. The monoisotopic (exact) mass is 352 g/mol. The number of thioether (sulfide) groups is 1. The van der Waals surface area contributed by atoms with Crippen LogP contribution in [0.4, 0.5) is 0 Å². The van der Waals surface area contributed by atoms with Gasteiger partial charge in [-0.3, -0.25) is 0 Å². The Labute approximate surface area is 155 Å². The highest BCUT2D eigenvalue weighted by atomic mass is 32.2. The zero-order valence-corrected chi connectivity index (χ0v) is 15.9. The summed E-state index contributed by atoms with van der Waals surface area (Å²) in [4.78, 5) is 5.74. The van der Waals surface area contributed by atoms with Gasteiger partial charge in [-0.25, -0.2) is 4.98 Å². The van der Waals surface area contributed by atoms with Gasteiger partial charge in [0.2, 0.25) is 0 Å². The number of nitrogens with zero attached hydrogens (tertiary/aromatic N) is 2. The summed E-state index contributed by atoms with van der Waals surface area (Å²) in [5.74, 6) is 3.03. The van der Waals surface area contributed by atoms with E-state index in [2.05, 4.69) is 58.7 Å². The van der Waals surface area contributed by atoms with E-state index in [1.165, 1.54) is 49.0 Å². The molecule has 1 heterocycles. The van der Waals surface area contributed by atoms with E-state index < -0.39 is 0 Å². The fourth-order valence-corrected chi connectivity index (χ4v) is 7.89. The minimum Gasteiger partial charge on any atom is -0.336 e. The lowest BCUT2D eigenvalue weighted by molar-refractivity contribution is -0.0553. The Morgan fingerprint density at radius 2 is 1.88 bits per heavy atom. The van der Waals surface area contributed by atoms with Crippen LogP contribution in [0.25, 0.3) is 0 Å². The minimum atomic E-state index is 0.549. The quantitative estimate of drug-likeness (QED) is 0.655. The van der Waals surface area contributed by atoms with E-state index in [1.54, 1.807) is 0 Å². The molecule has 4 saturated carbocycles. The zero-order valence-electron chi connectivity index (χ0n) is 15.1. The molecule has 0 radical (unpaired) electrons. The van der Waals surface area contributed by atoms with E-state index >= 15 is 0 Å². The maximum absolute atomic E-state index is 4.30. The minimum absolute atomic E-state index is 0.549. The summed E-state index contributed by atoms with van der Waals surface area (Å²) in [6.07, 6.45) is 15.0. The molecule has 6 rings (SSSR count). The van der Waals surface area contributed by atoms with E-state index in [-0.39, 0.29) is 0 Å². The van der Waals surface area contributed by atoms with Gasteiger partial charge < -0.3 is 4.57 Å². The average molecular weight is 353 g/mol. The summed E-state index contributed by atoms with van der Waals surface area (Å²) in [5.41, 5.74) is 1.92. The van der Waals surface area contributed by atoms with Crippen molar-refractivity contribution in [3.63, 3.8) is 0 Å². The molecule has 0 aliphatic heterocycles. The molecule has 1 atom stereocenters. The summed E-state index contributed by atoms with van der Waals surface area (Å²) in [7, 11) is 0. The first-order valence-corrected chi connectivity index (χ1v) is 10.8. The normalized spacial score (nSPS) is 34.4. The molecule has 4 aliphatic carbocycles. The Balaban J connectivity index is 1.46. The van der Waals surface area contributed by atoms with Crippen LogP contribution >= 0.6 is 11.8 Å². The number of imidazole rings is 1. The van der Waals surface area contributed by atoms with Gasteiger partial charge in [0.1, 0.15) is 0 Å². The lowest BCUT2D eigenvalue weighted by atomic mass is 9.48. The number of hydrogen-bond donors (Lipinski definition) is 0. The number of rotatable bonds is 5. The van der Waals surface area contributed by atoms with Crippen molar-refractivity contribution in [1.82, 2.24) is 9.55 Å². The van der Waals surface area contributed by atoms with Gasteiger partial charge in [-0.15, -0.1) is 11.8 Å². The second-order valence-electron chi connectivity index (χ2n) is 8.96. The third-order valence-corrected chi connectivity index (χ3v) is 8.43. The molecule has 2 nitrogen and oxygen atoms in total. The molecular weight excluding hydrogens is 324 g/mol. The van der Waals surface area contributed by atoms with E-state index in [9.17, 15) is 0 Å². The van der Waals surface area contributed by atoms with Crippen LogP contribution in [0.3, 0.4) is 0 Å². The maximum atomic E-state index is 4.30. The average Bonchev–Trinajstić information content (AvgIpc) is 3.06.